The first-order valence-corrected chi connectivity index (χ1v) is 5.84. The van der Waals surface area contributed by atoms with Crippen molar-refractivity contribution in [3.63, 3.8) is 0 Å². The summed E-state index contributed by atoms with van der Waals surface area (Å²) in [5.41, 5.74) is 6.37. The molecular weight excluding hydrogens is 262 g/mol. The number of hydrogen-bond acceptors (Lipinski definition) is 5. The summed E-state index contributed by atoms with van der Waals surface area (Å²) < 4.78 is 5.07. The van der Waals surface area contributed by atoms with Gasteiger partial charge in [-0.25, -0.2) is 0 Å². The number of carbonyl (C=O) groups is 2. The maximum absolute atomic E-state index is 11.8. The van der Waals surface area contributed by atoms with Crippen LogP contribution >= 0.6 is 0 Å². The number of nitrogens with zero attached hydrogens (tertiary/aromatic N) is 1. The summed E-state index contributed by atoms with van der Waals surface area (Å²) in [5.74, 6) is -1.18. The summed E-state index contributed by atoms with van der Waals surface area (Å²) in [7, 11) is 1.41. The zero-order valence-electron chi connectivity index (χ0n) is 10.9. The molecule has 0 aliphatic rings. The number of benzene rings is 1. The minimum atomic E-state index is -1.01. The Hall–Kier alpha value is -2.59. The summed E-state index contributed by atoms with van der Waals surface area (Å²) in [6.07, 6.45) is -0.140. The SMILES string of the molecule is COc1cc(C#N)ccc1NC(=O)C(N)CCC(=O)O. The highest BCUT2D eigenvalue weighted by Gasteiger charge is 2.16. The van der Waals surface area contributed by atoms with E-state index < -0.39 is 17.9 Å². The van der Waals surface area contributed by atoms with Gasteiger partial charge in [0.1, 0.15) is 5.75 Å². The molecule has 0 bridgehead atoms. The number of ether oxygens (including phenoxy) is 1. The van der Waals surface area contributed by atoms with Gasteiger partial charge in [0.25, 0.3) is 0 Å². The molecule has 20 heavy (non-hydrogen) atoms. The fraction of sp³-hybridized carbons (Fsp3) is 0.308. The smallest absolute Gasteiger partial charge is 0.303 e. The Morgan fingerprint density at radius 1 is 1.55 bits per heavy atom. The summed E-state index contributed by atoms with van der Waals surface area (Å²) in [5, 5.41) is 19.9. The maximum Gasteiger partial charge on any atom is 0.303 e. The number of nitriles is 1. The van der Waals surface area contributed by atoms with Crippen LogP contribution < -0.4 is 15.8 Å². The van der Waals surface area contributed by atoms with E-state index in [0.29, 0.717) is 17.0 Å². The predicted molar refractivity (Wildman–Crippen MR) is 71.2 cm³/mol. The Labute approximate surface area is 115 Å². The van der Waals surface area contributed by atoms with Gasteiger partial charge in [-0.1, -0.05) is 0 Å². The molecule has 0 saturated carbocycles. The third kappa shape index (κ3) is 4.26. The topological polar surface area (TPSA) is 125 Å². The van der Waals surface area contributed by atoms with Crippen molar-refractivity contribution in [2.45, 2.75) is 18.9 Å². The summed E-state index contributed by atoms with van der Waals surface area (Å²) in [6, 6.07) is 5.57. The molecule has 1 atom stereocenters. The molecule has 7 heteroatoms. The molecule has 0 saturated heterocycles. The van der Waals surface area contributed by atoms with Crippen molar-refractivity contribution in [1.29, 1.82) is 5.26 Å². The lowest BCUT2D eigenvalue weighted by Gasteiger charge is -2.13. The molecule has 0 aliphatic carbocycles. The Kier molecular flexibility index (Phi) is 5.50. The van der Waals surface area contributed by atoms with Crippen LogP contribution in [0.4, 0.5) is 5.69 Å². The summed E-state index contributed by atoms with van der Waals surface area (Å²) in [6.45, 7) is 0. The number of methoxy groups -OCH3 is 1. The summed E-state index contributed by atoms with van der Waals surface area (Å²) in [4.78, 5) is 22.2. The van der Waals surface area contributed by atoms with Crippen LogP contribution in [0.3, 0.4) is 0 Å². The Balaban J connectivity index is 2.75. The Bertz CT molecular complexity index is 551. The highest BCUT2D eigenvalue weighted by molar-refractivity contribution is 5.96. The Morgan fingerprint density at radius 3 is 2.80 bits per heavy atom. The van der Waals surface area contributed by atoms with E-state index in [1.807, 2.05) is 6.07 Å². The van der Waals surface area contributed by atoms with E-state index in [1.165, 1.54) is 25.3 Å². The van der Waals surface area contributed by atoms with E-state index in [2.05, 4.69) is 5.32 Å². The normalized spacial score (nSPS) is 11.2. The van der Waals surface area contributed by atoms with Crippen LogP contribution in [0.25, 0.3) is 0 Å². The first kappa shape index (κ1) is 15.5. The molecule has 1 unspecified atom stereocenters. The van der Waals surface area contributed by atoms with Crippen molar-refractivity contribution in [1.82, 2.24) is 0 Å². The van der Waals surface area contributed by atoms with E-state index in [9.17, 15) is 9.59 Å². The predicted octanol–water partition coefficient (Wildman–Crippen LogP) is 0.697. The molecule has 0 heterocycles. The number of carbonyl (C=O) groups excluding carboxylic acids is 1. The van der Waals surface area contributed by atoms with Crippen molar-refractivity contribution >= 4 is 17.6 Å². The van der Waals surface area contributed by atoms with Crippen LogP contribution in [0.5, 0.6) is 5.75 Å². The fourth-order valence-electron chi connectivity index (χ4n) is 1.50. The lowest BCUT2D eigenvalue weighted by molar-refractivity contribution is -0.137. The van der Waals surface area contributed by atoms with Crippen molar-refractivity contribution in [2.75, 3.05) is 12.4 Å². The van der Waals surface area contributed by atoms with Gasteiger partial charge in [0, 0.05) is 12.5 Å². The molecule has 0 spiro atoms. The van der Waals surface area contributed by atoms with Gasteiger partial charge >= 0.3 is 5.97 Å². The average molecular weight is 277 g/mol. The van der Waals surface area contributed by atoms with Gasteiger partial charge in [-0.2, -0.15) is 5.26 Å². The van der Waals surface area contributed by atoms with Crippen LogP contribution in [0.15, 0.2) is 18.2 Å². The van der Waals surface area contributed by atoms with Crippen molar-refractivity contribution in [2.24, 2.45) is 5.73 Å². The molecule has 0 aromatic heterocycles. The van der Waals surface area contributed by atoms with Crippen LogP contribution in [0.1, 0.15) is 18.4 Å². The van der Waals surface area contributed by atoms with Gasteiger partial charge in [0.05, 0.1) is 30.5 Å². The fourth-order valence-corrected chi connectivity index (χ4v) is 1.50. The van der Waals surface area contributed by atoms with Crippen LogP contribution in [0.2, 0.25) is 0 Å². The quantitative estimate of drug-likeness (QED) is 0.702. The first-order valence-electron chi connectivity index (χ1n) is 5.84. The number of rotatable bonds is 6. The largest absolute Gasteiger partial charge is 0.495 e. The molecule has 1 aromatic rings. The zero-order valence-corrected chi connectivity index (χ0v) is 10.9. The third-order valence-electron chi connectivity index (χ3n) is 2.59. The summed E-state index contributed by atoms with van der Waals surface area (Å²) >= 11 is 0. The average Bonchev–Trinajstić information content (AvgIpc) is 2.44. The van der Waals surface area contributed by atoms with Crippen molar-refractivity contribution in [3.05, 3.63) is 23.8 Å². The molecule has 1 amide bonds. The second-order valence-corrected chi connectivity index (χ2v) is 4.06. The number of aliphatic carboxylic acids is 1. The molecule has 0 aliphatic heterocycles. The van der Waals surface area contributed by atoms with Crippen LogP contribution in [0, 0.1) is 11.3 Å². The molecule has 0 fully saturated rings. The lowest BCUT2D eigenvalue weighted by atomic mass is 10.1. The van der Waals surface area contributed by atoms with Crippen LogP contribution in [-0.4, -0.2) is 30.1 Å². The second-order valence-electron chi connectivity index (χ2n) is 4.06. The van der Waals surface area contributed by atoms with Crippen molar-refractivity contribution < 1.29 is 19.4 Å². The molecule has 106 valence electrons. The number of carboxylic acids is 1. The minimum Gasteiger partial charge on any atom is -0.495 e. The molecule has 1 rings (SSSR count). The highest BCUT2D eigenvalue weighted by Crippen LogP contribution is 2.25. The van der Waals surface area contributed by atoms with E-state index >= 15 is 0 Å². The van der Waals surface area contributed by atoms with Gasteiger partial charge in [0.2, 0.25) is 5.91 Å². The third-order valence-corrected chi connectivity index (χ3v) is 2.59. The van der Waals surface area contributed by atoms with Crippen LogP contribution in [-0.2, 0) is 9.59 Å². The standard InChI is InChI=1S/C13H15N3O4/c1-20-11-6-8(7-14)2-4-10(11)16-13(19)9(15)3-5-12(17)18/h2,4,6,9H,3,5,15H2,1H3,(H,16,19)(H,17,18). The number of anilines is 1. The molecule has 7 nitrogen and oxygen atoms in total. The van der Waals surface area contributed by atoms with Gasteiger partial charge in [0.15, 0.2) is 0 Å². The number of amides is 1. The van der Waals surface area contributed by atoms with E-state index in [-0.39, 0.29) is 12.8 Å². The van der Waals surface area contributed by atoms with Crippen molar-refractivity contribution in [3.8, 4) is 11.8 Å². The minimum absolute atomic E-state index is 0.0414. The number of hydrogen-bond donors (Lipinski definition) is 3. The van der Waals surface area contributed by atoms with Gasteiger partial charge < -0.3 is 20.9 Å². The van der Waals surface area contributed by atoms with Gasteiger partial charge in [-0.15, -0.1) is 0 Å². The monoisotopic (exact) mass is 277 g/mol. The van der Waals surface area contributed by atoms with Gasteiger partial charge in [-0.3, -0.25) is 9.59 Å². The van der Waals surface area contributed by atoms with E-state index in [0.717, 1.165) is 0 Å². The molecule has 1 aromatic carbocycles. The molecular formula is C13H15N3O4. The number of carboxylic acid groups (broad SMARTS) is 1. The zero-order chi connectivity index (χ0) is 15.1. The van der Waals surface area contributed by atoms with Gasteiger partial charge in [-0.05, 0) is 18.6 Å². The van der Waals surface area contributed by atoms with E-state index in [1.54, 1.807) is 0 Å². The highest BCUT2D eigenvalue weighted by atomic mass is 16.5. The second kappa shape index (κ2) is 7.11. The molecule has 4 N–H and O–H groups in total. The first-order chi connectivity index (χ1) is 9.47. The van der Waals surface area contributed by atoms with E-state index in [4.69, 9.17) is 20.8 Å². The lowest BCUT2D eigenvalue weighted by Crippen LogP contribution is -2.36. The number of nitrogens with two attached hydrogens (primary N) is 1. The number of nitrogens with one attached hydrogen (secondary N) is 1. The maximum atomic E-state index is 11.8. The Morgan fingerprint density at radius 2 is 2.25 bits per heavy atom. The molecule has 0 radical (unpaired) electrons.